The van der Waals surface area contributed by atoms with Gasteiger partial charge in [-0.25, -0.2) is 0 Å². The van der Waals surface area contributed by atoms with Gasteiger partial charge >= 0.3 is 0 Å². The van der Waals surface area contributed by atoms with E-state index in [2.05, 4.69) is 179 Å². The number of hydrogen-bond donors (Lipinski definition) is 0. The standard InChI is InChI=1S/C54H28N2O2/c1-3-15-29(16-4-1)43-46-37-27-36-32-20-9-13-25-40(32)58-54(36)47-33-21-8-12-24-39(33)56(51(37)47)52(46)44(30-17-5-2-6-18-30)48-49-45-34-22-10-14-26-41(34)57-42(45)28-35-31-19-7-11-23-38(31)55(50(35)49)53(43)48/h1-28H. The first kappa shape index (κ1) is 29.5. The summed E-state index contributed by atoms with van der Waals surface area (Å²) in [5.74, 6) is 0. The quantitative estimate of drug-likeness (QED) is 0.177. The maximum Gasteiger partial charge on any atom is 0.145 e. The Balaban J connectivity index is 1.37. The zero-order valence-corrected chi connectivity index (χ0v) is 30.9. The normalized spacial score (nSPS) is 12.8. The molecule has 0 bridgehead atoms. The van der Waals surface area contributed by atoms with Crippen LogP contribution in [0.4, 0.5) is 0 Å². The van der Waals surface area contributed by atoms with Crippen LogP contribution in [0.1, 0.15) is 0 Å². The fraction of sp³-hybridized carbons (Fsp3) is 0. The van der Waals surface area contributed by atoms with Crippen molar-refractivity contribution >= 4 is 120 Å². The molecule has 0 aliphatic rings. The van der Waals surface area contributed by atoms with Crippen molar-refractivity contribution < 1.29 is 8.83 Å². The van der Waals surface area contributed by atoms with E-state index in [0.717, 1.165) is 49.3 Å². The van der Waals surface area contributed by atoms with Crippen LogP contribution in [0.2, 0.25) is 0 Å². The molecular formula is C54H28N2O2. The van der Waals surface area contributed by atoms with Gasteiger partial charge in [-0.2, -0.15) is 0 Å². The van der Waals surface area contributed by atoms with Crippen LogP contribution in [0, 0.1) is 0 Å². The van der Waals surface area contributed by atoms with Crippen LogP contribution in [0.25, 0.3) is 142 Å². The van der Waals surface area contributed by atoms with E-state index < -0.39 is 0 Å². The number of fused-ring (bicyclic) bond motifs is 20. The fourth-order valence-corrected chi connectivity index (χ4v) is 11.0. The SMILES string of the molecule is c1ccc(-c2c3c4c5c(cc6c7ccccc7n(c3c(-c3ccccc3)c3c7cc8c9ccccc9oc8c8c9ccccc9n(c23)c78)c64)oc2ccccc25)cc1. The van der Waals surface area contributed by atoms with Crippen LogP contribution >= 0.6 is 0 Å². The third kappa shape index (κ3) is 3.30. The molecule has 4 heteroatoms. The molecule has 6 heterocycles. The first-order valence-corrected chi connectivity index (χ1v) is 19.9. The highest BCUT2D eigenvalue weighted by molar-refractivity contribution is 6.43. The Kier molecular flexibility index (Phi) is 5.14. The predicted octanol–water partition coefficient (Wildman–Crippen LogP) is 15.1. The lowest BCUT2D eigenvalue weighted by Gasteiger charge is -2.16. The number of aromatic nitrogens is 2. The highest BCUT2D eigenvalue weighted by Gasteiger charge is 2.33. The van der Waals surface area contributed by atoms with Crippen molar-refractivity contribution in [3.63, 3.8) is 0 Å². The van der Waals surface area contributed by atoms with Gasteiger partial charge in [0.15, 0.2) is 0 Å². The monoisotopic (exact) mass is 736 g/mol. The van der Waals surface area contributed by atoms with Crippen molar-refractivity contribution in [2.24, 2.45) is 0 Å². The van der Waals surface area contributed by atoms with Crippen molar-refractivity contribution in [2.75, 3.05) is 0 Å². The van der Waals surface area contributed by atoms with Gasteiger partial charge in [-0.3, -0.25) is 0 Å². The van der Waals surface area contributed by atoms with Gasteiger partial charge in [-0.15, -0.1) is 0 Å². The van der Waals surface area contributed by atoms with Crippen LogP contribution in [-0.4, -0.2) is 8.80 Å². The van der Waals surface area contributed by atoms with Gasteiger partial charge in [0.25, 0.3) is 0 Å². The van der Waals surface area contributed by atoms with Gasteiger partial charge in [0.2, 0.25) is 0 Å². The van der Waals surface area contributed by atoms with E-state index in [4.69, 9.17) is 8.83 Å². The number of furan rings is 2. The van der Waals surface area contributed by atoms with E-state index in [-0.39, 0.29) is 0 Å². The summed E-state index contributed by atoms with van der Waals surface area (Å²) in [7, 11) is 0. The van der Waals surface area contributed by atoms with Crippen LogP contribution < -0.4 is 0 Å². The molecule has 9 aromatic carbocycles. The van der Waals surface area contributed by atoms with E-state index in [1.165, 1.54) is 93.1 Å². The second-order valence-electron chi connectivity index (χ2n) is 15.9. The summed E-state index contributed by atoms with van der Waals surface area (Å²) >= 11 is 0. The van der Waals surface area contributed by atoms with Crippen LogP contribution in [0.5, 0.6) is 0 Å². The third-order valence-electron chi connectivity index (χ3n) is 13.1. The minimum absolute atomic E-state index is 0.900. The van der Waals surface area contributed by atoms with Gasteiger partial charge in [-0.05, 0) is 47.5 Å². The molecule has 0 unspecified atom stereocenters. The summed E-state index contributed by atoms with van der Waals surface area (Å²) in [6.07, 6.45) is 0. The fourth-order valence-electron chi connectivity index (χ4n) is 11.0. The topological polar surface area (TPSA) is 35.1 Å². The molecule has 0 aliphatic heterocycles. The molecule has 0 saturated carbocycles. The van der Waals surface area contributed by atoms with Crippen molar-refractivity contribution in [1.82, 2.24) is 8.80 Å². The van der Waals surface area contributed by atoms with Crippen LogP contribution in [-0.2, 0) is 0 Å². The second kappa shape index (κ2) is 10.1. The summed E-state index contributed by atoms with van der Waals surface area (Å²) in [5.41, 5.74) is 15.6. The molecule has 58 heavy (non-hydrogen) atoms. The van der Waals surface area contributed by atoms with E-state index in [9.17, 15) is 0 Å². The number of nitrogens with zero attached hydrogens (tertiary/aromatic N) is 2. The molecule has 0 N–H and O–H groups in total. The second-order valence-corrected chi connectivity index (χ2v) is 15.9. The average Bonchev–Trinajstić information content (AvgIpc) is 4.12. The molecule has 0 radical (unpaired) electrons. The van der Waals surface area contributed by atoms with Crippen LogP contribution in [0.15, 0.2) is 179 Å². The molecule has 0 aliphatic carbocycles. The van der Waals surface area contributed by atoms with Gasteiger partial charge < -0.3 is 17.6 Å². The number of para-hydroxylation sites is 4. The molecule has 0 amide bonds. The third-order valence-corrected chi connectivity index (χ3v) is 13.1. The van der Waals surface area contributed by atoms with Crippen molar-refractivity contribution in [3.8, 4) is 22.3 Å². The zero-order chi connectivity index (χ0) is 37.4. The molecular weight excluding hydrogens is 709 g/mol. The Morgan fingerprint density at radius 2 is 0.828 bits per heavy atom. The lowest BCUT2D eigenvalue weighted by molar-refractivity contribution is 0.669. The maximum absolute atomic E-state index is 6.85. The zero-order valence-electron chi connectivity index (χ0n) is 30.9. The Labute approximate surface area is 328 Å². The van der Waals surface area contributed by atoms with Gasteiger partial charge in [-0.1, -0.05) is 133 Å². The maximum atomic E-state index is 6.85. The van der Waals surface area contributed by atoms with Crippen molar-refractivity contribution in [2.45, 2.75) is 0 Å². The predicted molar refractivity (Wildman–Crippen MR) is 241 cm³/mol. The molecule has 0 atom stereocenters. The first-order chi connectivity index (χ1) is 28.8. The first-order valence-electron chi connectivity index (χ1n) is 19.9. The number of rotatable bonds is 2. The molecule has 266 valence electrons. The summed E-state index contributed by atoms with van der Waals surface area (Å²) in [6, 6.07) is 61.6. The average molecular weight is 737 g/mol. The molecule has 6 aromatic heterocycles. The van der Waals surface area contributed by atoms with E-state index in [0.29, 0.717) is 0 Å². The highest BCUT2D eigenvalue weighted by atomic mass is 16.3. The Morgan fingerprint density at radius 3 is 1.55 bits per heavy atom. The largest absolute Gasteiger partial charge is 0.456 e. The summed E-state index contributed by atoms with van der Waals surface area (Å²) in [6.45, 7) is 0. The van der Waals surface area contributed by atoms with Gasteiger partial charge in [0.1, 0.15) is 22.3 Å². The number of benzene rings is 9. The minimum atomic E-state index is 0.900. The van der Waals surface area contributed by atoms with Gasteiger partial charge in [0, 0.05) is 70.4 Å². The summed E-state index contributed by atoms with van der Waals surface area (Å²) in [5, 5.41) is 14.3. The van der Waals surface area contributed by atoms with Gasteiger partial charge in [0.05, 0.1) is 38.5 Å². The lowest BCUT2D eigenvalue weighted by atomic mass is 9.88. The molecule has 0 saturated heterocycles. The van der Waals surface area contributed by atoms with Crippen LogP contribution in [0.3, 0.4) is 0 Å². The Bertz CT molecular complexity index is 4240. The smallest absolute Gasteiger partial charge is 0.145 e. The Hall–Kier alpha value is -7.82. The molecule has 0 fully saturated rings. The Morgan fingerprint density at radius 1 is 0.293 bits per heavy atom. The highest BCUT2D eigenvalue weighted by Crippen LogP contribution is 2.56. The van der Waals surface area contributed by atoms with Crippen molar-refractivity contribution in [3.05, 3.63) is 170 Å². The summed E-state index contributed by atoms with van der Waals surface area (Å²) in [4.78, 5) is 0. The lowest BCUT2D eigenvalue weighted by Crippen LogP contribution is -1.93. The number of hydrogen-bond acceptors (Lipinski definition) is 2. The molecule has 0 spiro atoms. The van der Waals surface area contributed by atoms with E-state index >= 15 is 0 Å². The minimum Gasteiger partial charge on any atom is -0.456 e. The van der Waals surface area contributed by atoms with Crippen molar-refractivity contribution in [1.29, 1.82) is 0 Å². The van der Waals surface area contributed by atoms with E-state index in [1.807, 2.05) is 0 Å². The molecule has 15 rings (SSSR count). The van der Waals surface area contributed by atoms with E-state index in [1.54, 1.807) is 0 Å². The summed E-state index contributed by atoms with van der Waals surface area (Å²) < 4.78 is 18.8. The molecule has 15 aromatic rings. The molecule has 4 nitrogen and oxygen atoms in total.